The van der Waals surface area contributed by atoms with E-state index < -0.39 is 5.97 Å². The van der Waals surface area contributed by atoms with E-state index in [0.717, 1.165) is 12.1 Å². The van der Waals surface area contributed by atoms with Gasteiger partial charge in [0, 0.05) is 23.4 Å². The van der Waals surface area contributed by atoms with Gasteiger partial charge in [0.25, 0.3) is 5.56 Å². The predicted octanol–water partition coefficient (Wildman–Crippen LogP) is 2.45. The molecule has 5 nitrogen and oxygen atoms in total. The van der Waals surface area contributed by atoms with E-state index in [1.54, 1.807) is 34.9 Å². The summed E-state index contributed by atoms with van der Waals surface area (Å²) in [6, 6.07) is 8.45. The monoisotopic (exact) mass is 311 g/mol. The van der Waals surface area contributed by atoms with Crippen LogP contribution in [0.2, 0.25) is 0 Å². The predicted molar refractivity (Wildman–Crippen MR) is 85.8 cm³/mol. The summed E-state index contributed by atoms with van der Waals surface area (Å²) in [6.45, 7) is 2.10. The van der Waals surface area contributed by atoms with Crippen LogP contribution < -0.4 is 5.56 Å². The number of carbonyl (C=O) groups excluding carboxylic acids is 2. The van der Waals surface area contributed by atoms with Crippen molar-refractivity contribution >= 4 is 11.8 Å². The molecule has 23 heavy (non-hydrogen) atoms. The zero-order valence-corrected chi connectivity index (χ0v) is 13.1. The summed E-state index contributed by atoms with van der Waals surface area (Å²) < 4.78 is 6.50. The Bertz CT molecular complexity index is 847. The average molecular weight is 311 g/mol. The van der Waals surface area contributed by atoms with Crippen LogP contribution in [0.4, 0.5) is 0 Å². The quantitative estimate of drug-likeness (QED) is 0.645. The molecule has 0 N–H and O–H groups in total. The third kappa shape index (κ3) is 2.59. The SMILES string of the molecule is COC(=O)c1cc(-c2ccc(C(C)=O)cc2)c(=O)n2c1CCC2. The van der Waals surface area contributed by atoms with Gasteiger partial charge in [-0.15, -0.1) is 0 Å². The first-order valence-electron chi connectivity index (χ1n) is 7.49. The first kappa shape index (κ1) is 15.2. The Hall–Kier alpha value is -2.69. The zero-order valence-electron chi connectivity index (χ0n) is 13.1. The number of ketones is 1. The molecular weight excluding hydrogens is 294 g/mol. The van der Waals surface area contributed by atoms with Gasteiger partial charge in [-0.3, -0.25) is 9.59 Å². The molecule has 1 aliphatic heterocycles. The number of pyridine rings is 1. The van der Waals surface area contributed by atoms with Crippen LogP contribution in [0.15, 0.2) is 35.1 Å². The van der Waals surface area contributed by atoms with E-state index in [9.17, 15) is 14.4 Å². The Morgan fingerprint density at radius 1 is 1.17 bits per heavy atom. The average Bonchev–Trinajstić information content (AvgIpc) is 3.05. The topological polar surface area (TPSA) is 65.4 Å². The fraction of sp³-hybridized carbons (Fsp3) is 0.278. The van der Waals surface area contributed by atoms with E-state index in [-0.39, 0.29) is 11.3 Å². The van der Waals surface area contributed by atoms with Gasteiger partial charge >= 0.3 is 5.97 Å². The highest BCUT2D eigenvalue weighted by Crippen LogP contribution is 2.24. The van der Waals surface area contributed by atoms with Gasteiger partial charge in [0.15, 0.2) is 5.78 Å². The third-order valence-electron chi connectivity index (χ3n) is 4.20. The Morgan fingerprint density at radius 2 is 1.87 bits per heavy atom. The maximum atomic E-state index is 12.7. The number of rotatable bonds is 3. The molecule has 0 radical (unpaired) electrons. The second-order valence-electron chi connectivity index (χ2n) is 5.60. The van der Waals surface area contributed by atoms with Gasteiger partial charge in [-0.2, -0.15) is 0 Å². The molecule has 2 heterocycles. The van der Waals surface area contributed by atoms with Gasteiger partial charge in [0.2, 0.25) is 0 Å². The van der Waals surface area contributed by atoms with E-state index in [2.05, 4.69) is 0 Å². The number of carbonyl (C=O) groups is 2. The van der Waals surface area contributed by atoms with E-state index in [4.69, 9.17) is 4.74 Å². The minimum Gasteiger partial charge on any atom is -0.465 e. The van der Waals surface area contributed by atoms with Crippen molar-refractivity contribution in [3.8, 4) is 11.1 Å². The lowest BCUT2D eigenvalue weighted by atomic mass is 10.0. The molecule has 5 heteroatoms. The molecule has 0 aliphatic carbocycles. The molecule has 0 bridgehead atoms. The Balaban J connectivity index is 2.18. The lowest BCUT2D eigenvalue weighted by Crippen LogP contribution is -2.24. The largest absolute Gasteiger partial charge is 0.465 e. The van der Waals surface area contributed by atoms with Gasteiger partial charge in [0.1, 0.15) is 0 Å². The fourth-order valence-electron chi connectivity index (χ4n) is 2.99. The number of Topliss-reactive ketones (excluding diaryl/α,β-unsaturated/α-hetero) is 1. The number of hydrogen-bond donors (Lipinski definition) is 0. The standard InChI is InChI=1S/C18H17NO4/c1-11(20)12-5-7-13(8-6-12)14-10-15(18(22)23-2)16-4-3-9-19(16)17(14)21/h5-8,10H,3-4,9H2,1-2H3. The summed E-state index contributed by atoms with van der Waals surface area (Å²) in [4.78, 5) is 36.1. The summed E-state index contributed by atoms with van der Waals surface area (Å²) in [7, 11) is 1.33. The second-order valence-corrected chi connectivity index (χ2v) is 5.60. The Labute approximate surface area is 133 Å². The van der Waals surface area contributed by atoms with Gasteiger partial charge in [-0.05, 0) is 31.4 Å². The highest BCUT2D eigenvalue weighted by atomic mass is 16.5. The molecule has 0 amide bonds. The van der Waals surface area contributed by atoms with Crippen molar-refractivity contribution in [3.05, 3.63) is 57.5 Å². The lowest BCUT2D eigenvalue weighted by Gasteiger charge is -2.12. The number of esters is 1. The molecule has 1 aromatic carbocycles. The van der Waals surface area contributed by atoms with Gasteiger partial charge in [0.05, 0.1) is 12.7 Å². The van der Waals surface area contributed by atoms with E-state index >= 15 is 0 Å². The maximum Gasteiger partial charge on any atom is 0.339 e. The second kappa shape index (κ2) is 5.83. The van der Waals surface area contributed by atoms with Crippen LogP contribution in [0.25, 0.3) is 11.1 Å². The summed E-state index contributed by atoms with van der Waals surface area (Å²) in [5, 5.41) is 0. The first-order valence-corrected chi connectivity index (χ1v) is 7.49. The van der Waals surface area contributed by atoms with Crippen molar-refractivity contribution in [1.82, 2.24) is 4.57 Å². The summed E-state index contributed by atoms with van der Waals surface area (Å²) in [5.41, 5.74) is 2.80. The number of hydrogen-bond acceptors (Lipinski definition) is 4. The number of methoxy groups -OCH3 is 1. The molecule has 3 rings (SSSR count). The van der Waals surface area contributed by atoms with E-state index in [1.165, 1.54) is 14.0 Å². The van der Waals surface area contributed by atoms with Crippen LogP contribution in [0, 0.1) is 0 Å². The molecule has 118 valence electrons. The molecule has 0 saturated heterocycles. The van der Waals surface area contributed by atoms with Gasteiger partial charge in [-0.1, -0.05) is 24.3 Å². The molecule has 1 aromatic heterocycles. The highest BCUT2D eigenvalue weighted by molar-refractivity contribution is 5.95. The number of fused-ring (bicyclic) bond motifs is 1. The summed E-state index contributed by atoms with van der Waals surface area (Å²) in [6.07, 6.45) is 1.54. The molecular formula is C18H17NO4. The van der Waals surface area contributed by atoms with Crippen LogP contribution in [-0.2, 0) is 17.7 Å². The van der Waals surface area contributed by atoms with Crippen molar-refractivity contribution in [2.45, 2.75) is 26.3 Å². The molecule has 0 unspecified atom stereocenters. The van der Waals surface area contributed by atoms with Crippen molar-refractivity contribution < 1.29 is 14.3 Å². The van der Waals surface area contributed by atoms with Crippen molar-refractivity contribution in [2.75, 3.05) is 7.11 Å². The molecule has 2 aromatic rings. The van der Waals surface area contributed by atoms with Crippen LogP contribution in [-0.4, -0.2) is 23.4 Å². The molecule has 0 fully saturated rings. The van der Waals surface area contributed by atoms with Gasteiger partial charge in [-0.25, -0.2) is 4.79 Å². The normalized spacial score (nSPS) is 12.8. The Morgan fingerprint density at radius 3 is 2.48 bits per heavy atom. The van der Waals surface area contributed by atoms with Crippen LogP contribution in [0.3, 0.4) is 0 Å². The minimum absolute atomic E-state index is 0.0301. The molecule has 1 aliphatic rings. The molecule has 0 saturated carbocycles. The van der Waals surface area contributed by atoms with Crippen molar-refractivity contribution in [1.29, 1.82) is 0 Å². The molecule has 0 spiro atoms. The van der Waals surface area contributed by atoms with Gasteiger partial charge < -0.3 is 9.30 Å². The first-order chi connectivity index (χ1) is 11.0. The summed E-state index contributed by atoms with van der Waals surface area (Å²) >= 11 is 0. The third-order valence-corrected chi connectivity index (χ3v) is 4.20. The smallest absolute Gasteiger partial charge is 0.339 e. The van der Waals surface area contributed by atoms with Crippen LogP contribution in [0.5, 0.6) is 0 Å². The van der Waals surface area contributed by atoms with Crippen molar-refractivity contribution in [3.63, 3.8) is 0 Å². The molecule has 0 atom stereocenters. The van der Waals surface area contributed by atoms with Crippen LogP contribution in [0.1, 0.15) is 39.8 Å². The fourth-order valence-corrected chi connectivity index (χ4v) is 2.99. The van der Waals surface area contributed by atoms with Crippen molar-refractivity contribution in [2.24, 2.45) is 0 Å². The number of nitrogens with zero attached hydrogens (tertiary/aromatic N) is 1. The maximum absolute atomic E-state index is 12.7. The lowest BCUT2D eigenvalue weighted by molar-refractivity contribution is 0.0598. The minimum atomic E-state index is -0.433. The van der Waals surface area contributed by atoms with Crippen LogP contribution >= 0.6 is 0 Å². The number of aromatic nitrogens is 1. The van der Waals surface area contributed by atoms with E-state index in [1.807, 2.05) is 0 Å². The number of benzene rings is 1. The summed E-state index contributed by atoms with van der Waals surface area (Å²) in [5.74, 6) is -0.463. The van der Waals surface area contributed by atoms with E-state index in [0.29, 0.717) is 35.2 Å². The zero-order chi connectivity index (χ0) is 16.6. The Kier molecular flexibility index (Phi) is 3.86. The number of ether oxygens (including phenoxy) is 1. The highest BCUT2D eigenvalue weighted by Gasteiger charge is 2.23.